The summed E-state index contributed by atoms with van der Waals surface area (Å²) in [5, 5.41) is 9.91. The van der Waals surface area contributed by atoms with Gasteiger partial charge in [-0.2, -0.15) is 0 Å². The van der Waals surface area contributed by atoms with Gasteiger partial charge in [0, 0.05) is 5.56 Å². The van der Waals surface area contributed by atoms with Crippen molar-refractivity contribution in [1.82, 2.24) is 0 Å². The van der Waals surface area contributed by atoms with Gasteiger partial charge in [0.15, 0.2) is 11.5 Å². The number of hydrogen-bond donors (Lipinski definition) is 1. The first-order chi connectivity index (χ1) is 9.66. The number of hydrogen-bond acceptors (Lipinski definition) is 3. The summed E-state index contributed by atoms with van der Waals surface area (Å²) in [4.78, 5) is 0. The summed E-state index contributed by atoms with van der Waals surface area (Å²) in [7, 11) is 0. The van der Waals surface area contributed by atoms with Crippen LogP contribution in [0.1, 0.15) is 12.0 Å². The third kappa shape index (κ3) is 2.18. The fourth-order valence-electron chi connectivity index (χ4n) is 2.26. The molecule has 0 aromatic heterocycles. The second-order valence-electron chi connectivity index (χ2n) is 4.49. The van der Waals surface area contributed by atoms with E-state index in [0.717, 1.165) is 5.56 Å². The van der Waals surface area contributed by atoms with Gasteiger partial charge in [-0.1, -0.05) is 41.9 Å². The number of aliphatic hydroxyl groups excluding tert-OH is 1. The van der Waals surface area contributed by atoms with Crippen LogP contribution >= 0.6 is 27.5 Å². The van der Waals surface area contributed by atoms with Gasteiger partial charge < -0.3 is 14.6 Å². The Hall–Kier alpha value is -1.23. The van der Waals surface area contributed by atoms with E-state index in [2.05, 4.69) is 15.9 Å². The van der Waals surface area contributed by atoms with Crippen molar-refractivity contribution in [2.24, 2.45) is 0 Å². The summed E-state index contributed by atoms with van der Waals surface area (Å²) in [6.45, 7) is -0.0474. The van der Waals surface area contributed by atoms with Gasteiger partial charge in [0.1, 0.15) is 0 Å². The van der Waals surface area contributed by atoms with Gasteiger partial charge in [-0.3, -0.25) is 0 Å². The van der Waals surface area contributed by atoms with Gasteiger partial charge in [-0.05, 0) is 28.1 Å². The van der Waals surface area contributed by atoms with Crippen LogP contribution < -0.4 is 9.47 Å². The maximum absolute atomic E-state index is 9.36. The van der Waals surface area contributed by atoms with Crippen LogP contribution in [0, 0.1) is 0 Å². The highest BCUT2D eigenvalue weighted by Crippen LogP contribution is 2.51. The zero-order chi connectivity index (χ0) is 14.2. The molecule has 3 nitrogen and oxygen atoms in total. The Labute approximate surface area is 130 Å². The maximum Gasteiger partial charge on any atom is 0.280 e. The Morgan fingerprint density at radius 1 is 1.10 bits per heavy atom. The molecule has 0 amide bonds. The van der Waals surface area contributed by atoms with Crippen LogP contribution in [0.2, 0.25) is 5.02 Å². The van der Waals surface area contributed by atoms with Crippen LogP contribution in [0.3, 0.4) is 0 Å². The largest absolute Gasteiger partial charge is 0.444 e. The van der Waals surface area contributed by atoms with Crippen molar-refractivity contribution < 1.29 is 14.6 Å². The molecule has 1 unspecified atom stereocenters. The van der Waals surface area contributed by atoms with Gasteiger partial charge in [0.25, 0.3) is 5.79 Å². The minimum atomic E-state index is -1.01. The van der Waals surface area contributed by atoms with E-state index in [1.165, 1.54) is 0 Å². The van der Waals surface area contributed by atoms with Gasteiger partial charge in [0.2, 0.25) is 0 Å². The zero-order valence-electron chi connectivity index (χ0n) is 10.5. The second-order valence-corrected chi connectivity index (χ2v) is 5.69. The molecule has 20 heavy (non-hydrogen) atoms. The predicted molar refractivity (Wildman–Crippen MR) is 80.2 cm³/mol. The van der Waals surface area contributed by atoms with Crippen molar-refractivity contribution in [2.45, 2.75) is 12.2 Å². The molecular weight excluding hydrogens is 344 g/mol. The molecule has 2 aromatic rings. The number of aliphatic hydroxyl groups is 1. The van der Waals surface area contributed by atoms with Crippen molar-refractivity contribution in [3.8, 4) is 11.5 Å². The van der Waals surface area contributed by atoms with Gasteiger partial charge in [-0.25, -0.2) is 0 Å². The average molecular weight is 356 g/mol. The van der Waals surface area contributed by atoms with Gasteiger partial charge in [-0.15, -0.1) is 0 Å². The van der Waals surface area contributed by atoms with E-state index < -0.39 is 5.79 Å². The first-order valence-electron chi connectivity index (χ1n) is 6.19. The number of fused-ring (bicyclic) bond motifs is 1. The fraction of sp³-hybridized carbons (Fsp3) is 0.200. The maximum atomic E-state index is 9.36. The summed E-state index contributed by atoms with van der Waals surface area (Å²) in [5.41, 5.74) is 0.855. The SMILES string of the molecule is OCCC1(c2ccccc2)Oc2ccc(Cl)c(Br)c2O1. The van der Waals surface area contributed by atoms with E-state index >= 15 is 0 Å². The van der Waals surface area contributed by atoms with E-state index in [1.54, 1.807) is 12.1 Å². The number of rotatable bonds is 3. The Morgan fingerprint density at radius 2 is 1.85 bits per heavy atom. The highest BCUT2D eigenvalue weighted by molar-refractivity contribution is 9.10. The van der Waals surface area contributed by atoms with E-state index in [1.807, 2.05) is 30.3 Å². The molecule has 2 aromatic carbocycles. The van der Waals surface area contributed by atoms with Crippen molar-refractivity contribution >= 4 is 27.5 Å². The van der Waals surface area contributed by atoms with Gasteiger partial charge >= 0.3 is 0 Å². The molecule has 0 spiro atoms. The molecule has 1 aliphatic heterocycles. The van der Waals surface area contributed by atoms with Crippen molar-refractivity contribution in [3.05, 3.63) is 57.5 Å². The van der Waals surface area contributed by atoms with E-state index in [9.17, 15) is 5.11 Å². The lowest BCUT2D eigenvalue weighted by Crippen LogP contribution is -2.36. The van der Waals surface area contributed by atoms with Crippen molar-refractivity contribution in [2.75, 3.05) is 6.61 Å². The van der Waals surface area contributed by atoms with E-state index in [-0.39, 0.29) is 6.61 Å². The summed E-state index contributed by atoms with van der Waals surface area (Å²) >= 11 is 9.48. The Bertz CT molecular complexity index is 633. The topological polar surface area (TPSA) is 38.7 Å². The van der Waals surface area contributed by atoms with Gasteiger partial charge in [0.05, 0.1) is 22.5 Å². The highest BCUT2D eigenvalue weighted by atomic mass is 79.9. The first-order valence-corrected chi connectivity index (χ1v) is 7.36. The Morgan fingerprint density at radius 3 is 2.55 bits per heavy atom. The van der Waals surface area contributed by atoms with Crippen LogP contribution in [0.4, 0.5) is 0 Å². The predicted octanol–water partition coefficient (Wildman–Crippen LogP) is 4.11. The van der Waals surface area contributed by atoms with E-state index in [0.29, 0.717) is 27.4 Å². The summed E-state index contributed by atoms with van der Waals surface area (Å²) < 4.78 is 12.7. The molecule has 0 fully saturated rings. The standard InChI is InChI=1S/C15H12BrClO3/c16-13-11(17)6-7-12-14(13)20-15(19-12,8-9-18)10-4-2-1-3-5-10/h1-7,18H,8-9H2. The number of benzene rings is 2. The molecule has 0 saturated heterocycles. The zero-order valence-corrected chi connectivity index (χ0v) is 12.8. The van der Waals surface area contributed by atoms with Crippen molar-refractivity contribution in [1.29, 1.82) is 0 Å². The molecule has 0 bridgehead atoms. The fourth-order valence-corrected chi connectivity index (χ4v) is 2.81. The molecule has 5 heteroatoms. The molecule has 0 aliphatic carbocycles. The highest BCUT2D eigenvalue weighted by Gasteiger charge is 2.44. The minimum absolute atomic E-state index is 0.0474. The Kier molecular flexibility index (Phi) is 3.63. The molecule has 1 aliphatic rings. The normalized spacial score (nSPS) is 20.1. The van der Waals surface area contributed by atoms with Crippen LogP contribution in [0.15, 0.2) is 46.9 Å². The van der Waals surface area contributed by atoms with Crippen LogP contribution in [-0.2, 0) is 5.79 Å². The summed E-state index contributed by atoms with van der Waals surface area (Å²) in [5.74, 6) is 0.166. The molecule has 3 rings (SSSR count). The Balaban J connectivity index is 2.07. The van der Waals surface area contributed by atoms with Crippen LogP contribution in [0.25, 0.3) is 0 Å². The molecule has 1 heterocycles. The first kappa shape index (κ1) is 13.7. The van der Waals surface area contributed by atoms with Crippen LogP contribution in [-0.4, -0.2) is 11.7 Å². The third-order valence-corrected chi connectivity index (χ3v) is 4.54. The summed E-state index contributed by atoms with van der Waals surface area (Å²) in [6.07, 6.45) is 0.329. The summed E-state index contributed by atoms with van der Waals surface area (Å²) in [6, 6.07) is 13.1. The minimum Gasteiger partial charge on any atom is -0.444 e. The molecule has 1 N–H and O–H groups in total. The average Bonchev–Trinajstić information content (AvgIpc) is 2.85. The molecule has 1 atom stereocenters. The molecular formula is C15H12BrClO3. The third-order valence-electron chi connectivity index (χ3n) is 3.21. The molecule has 104 valence electrons. The lowest BCUT2D eigenvalue weighted by atomic mass is 10.0. The van der Waals surface area contributed by atoms with Crippen molar-refractivity contribution in [3.63, 3.8) is 0 Å². The molecule has 0 saturated carbocycles. The smallest absolute Gasteiger partial charge is 0.280 e. The quantitative estimate of drug-likeness (QED) is 0.900. The molecule has 0 radical (unpaired) electrons. The lowest BCUT2D eigenvalue weighted by Gasteiger charge is -2.27. The number of halogens is 2. The van der Waals surface area contributed by atoms with Crippen LogP contribution in [0.5, 0.6) is 11.5 Å². The lowest BCUT2D eigenvalue weighted by molar-refractivity contribution is -0.101. The monoisotopic (exact) mass is 354 g/mol. The van der Waals surface area contributed by atoms with E-state index in [4.69, 9.17) is 21.1 Å². The second kappa shape index (κ2) is 5.28. The number of ether oxygens (including phenoxy) is 2.